The third-order valence-corrected chi connectivity index (χ3v) is 6.44. The van der Waals surface area contributed by atoms with Gasteiger partial charge in [0.1, 0.15) is 0 Å². The average Bonchev–Trinajstić information content (AvgIpc) is 2.98. The van der Waals surface area contributed by atoms with E-state index in [4.69, 9.17) is 12.2 Å². The standard InChI is InChI=1S/C19H19N3OS3/c1-12-8-6-9-15(14(12)3)20-17(23)11-25-18-21-22(19(24)26-18)16-10-5-4-7-13(16)2/h4-10H,11H2,1-3H3,(H,20,23). The van der Waals surface area contributed by atoms with Crippen LogP contribution in [0.3, 0.4) is 0 Å². The number of benzene rings is 2. The van der Waals surface area contributed by atoms with Gasteiger partial charge >= 0.3 is 0 Å². The van der Waals surface area contributed by atoms with Crippen LogP contribution in [-0.4, -0.2) is 21.4 Å². The first-order chi connectivity index (χ1) is 12.5. The van der Waals surface area contributed by atoms with Crippen molar-refractivity contribution in [2.45, 2.75) is 25.1 Å². The van der Waals surface area contributed by atoms with E-state index in [0.717, 1.165) is 32.4 Å². The van der Waals surface area contributed by atoms with E-state index < -0.39 is 0 Å². The number of hydrogen-bond acceptors (Lipinski definition) is 5. The molecule has 1 N–H and O–H groups in total. The van der Waals surface area contributed by atoms with E-state index in [1.54, 1.807) is 4.68 Å². The molecule has 0 unspecified atom stereocenters. The largest absolute Gasteiger partial charge is 0.325 e. The lowest BCUT2D eigenvalue weighted by molar-refractivity contribution is -0.113. The lowest BCUT2D eigenvalue weighted by Crippen LogP contribution is -2.15. The minimum absolute atomic E-state index is 0.0488. The molecule has 0 aliphatic rings. The van der Waals surface area contributed by atoms with Crippen molar-refractivity contribution in [2.24, 2.45) is 0 Å². The lowest BCUT2D eigenvalue weighted by Gasteiger charge is -2.09. The second kappa shape index (κ2) is 8.16. The Morgan fingerprint density at radius 2 is 1.88 bits per heavy atom. The Kier molecular flexibility index (Phi) is 5.90. The van der Waals surface area contributed by atoms with Gasteiger partial charge in [-0.25, -0.2) is 4.68 Å². The van der Waals surface area contributed by atoms with E-state index in [0.29, 0.717) is 9.71 Å². The number of amides is 1. The number of carbonyl (C=O) groups excluding carboxylic acids is 1. The van der Waals surface area contributed by atoms with Gasteiger partial charge in [0.15, 0.2) is 8.29 Å². The Balaban J connectivity index is 1.68. The van der Waals surface area contributed by atoms with E-state index in [2.05, 4.69) is 10.4 Å². The maximum absolute atomic E-state index is 12.3. The van der Waals surface area contributed by atoms with Crippen molar-refractivity contribution >= 4 is 46.9 Å². The van der Waals surface area contributed by atoms with E-state index in [-0.39, 0.29) is 5.91 Å². The van der Waals surface area contributed by atoms with Crippen molar-refractivity contribution in [3.05, 3.63) is 63.1 Å². The fraction of sp³-hybridized carbons (Fsp3) is 0.211. The fourth-order valence-corrected chi connectivity index (χ4v) is 4.62. The monoisotopic (exact) mass is 401 g/mol. The molecule has 0 bridgehead atoms. The molecule has 0 atom stereocenters. The Morgan fingerprint density at radius 3 is 2.65 bits per heavy atom. The quantitative estimate of drug-likeness (QED) is 0.464. The topological polar surface area (TPSA) is 46.9 Å². The van der Waals surface area contributed by atoms with Gasteiger partial charge in [-0.3, -0.25) is 4.79 Å². The molecule has 1 heterocycles. The Bertz CT molecular complexity index is 1010. The summed E-state index contributed by atoms with van der Waals surface area (Å²) in [5, 5.41) is 7.53. The third kappa shape index (κ3) is 4.23. The summed E-state index contributed by atoms with van der Waals surface area (Å²) in [4.78, 5) is 12.3. The maximum atomic E-state index is 12.3. The smallest absolute Gasteiger partial charge is 0.234 e. The highest BCUT2D eigenvalue weighted by molar-refractivity contribution is 8.01. The summed E-state index contributed by atoms with van der Waals surface area (Å²) in [5.41, 5.74) is 5.18. The van der Waals surface area contributed by atoms with E-state index in [1.807, 2.05) is 63.2 Å². The van der Waals surface area contributed by atoms with Crippen molar-refractivity contribution in [3.63, 3.8) is 0 Å². The zero-order valence-electron chi connectivity index (χ0n) is 14.8. The summed E-state index contributed by atoms with van der Waals surface area (Å²) in [6.07, 6.45) is 0. The molecule has 1 amide bonds. The van der Waals surface area contributed by atoms with Crippen LogP contribution < -0.4 is 5.32 Å². The lowest BCUT2D eigenvalue weighted by atomic mass is 10.1. The molecule has 1 aromatic heterocycles. The summed E-state index contributed by atoms with van der Waals surface area (Å²) in [5.74, 6) is 0.246. The van der Waals surface area contributed by atoms with Crippen LogP contribution in [0.25, 0.3) is 5.69 Å². The van der Waals surface area contributed by atoms with Gasteiger partial charge in [0.2, 0.25) is 5.91 Å². The Hall–Kier alpha value is -1.96. The van der Waals surface area contributed by atoms with Crippen molar-refractivity contribution in [1.82, 2.24) is 9.78 Å². The molecular weight excluding hydrogens is 382 g/mol. The van der Waals surface area contributed by atoms with Crippen molar-refractivity contribution in [3.8, 4) is 5.69 Å². The number of para-hydroxylation sites is 1. The minimum Gasteiger partial charge on any atom is -0.325 e. The van der Waals surface area contributed by atoms with Crippen molar-refractivity contribution < 1.29 is 4.79 Å². The number of carbonyl (C=O) groups is 1. The second-order valence-electron chi connectivity index (χ2n) is 5.92. The van der Waals surface area contributed by atoms with E-state index in [1.165, 1.54) is 23.1 Å². The number of anilines is 1. The van der Waals surface area contributed by atoms with E-state index in [9.17, 15) is 4.79 Å². The highest BCUT2D eigenvalue weighted by atomic mass is 32.2. The van der Waals surface area contributed by atoms with Gasteiger partial charge in [0, 0.05) is 5.69 Å². The summed E-state index contributed by atoms with van der Waals surface area (Å²) in [6.45, 7) is 6.07. The number of nitrogens with zero attached hydrogens (tertiary/aromatic N) is 2. The molecule has 0 saturated carbocycles. The van der Waals surface area contributed by atoms with E-state index >= 15 is 0 Å². The molecule has 134 valence electrons. The molecule has 2 aromatic carbocycles. The first-order valence-electron chi connectivity index (χ1n) is 8.11. The normalized spacial score (nSPS) is 10.7. The van der Waals surface area contributed by atoms with Gasteiger partial charge in [0.25, 0.3) is 0 Å². The van der Waals surface area contributed by atoms with Crippen LogP contribution in [0, 0.1) is 24.7 Å². The summed E-state index contributed by atoms with van der Waals surface area (Å²) >= 11 is 8.26. The maximum Gasteiger partial charge on any atom is 0.234 e. The Morgan fingerprint density at radius 1 is 1.15 bits per heavy atom. The molecule has 0 saturated heterocycles. The summed E-state index contributed by atoms with van der Waals surface area (Å²) < 4.78 is 3.23. The molecular formula is C19H19N3OS3. The van der Waals surface area contributed by atoms with Crippen LogP contribution in [0.5, 0.6) is 0 Å². The summed E-state index contributed by atoms with van der Waals surface area (Å²) in [7, 11) is 0. The number of rotatable bonds is 5. The summed E-state index contributed by atoms with van der Waals surface area (Å²) in [6, 6.07) is 13.9. The number of hydrogen-bond donors (Lipinski definition) is 1. The van der Waals surface area contributed by atoms with Gasteiger partial charge < -0.3 is 5.32 Å². The van der Waals surface area contributed by atoms with Crippen LogP contribution in [0.2, 0.25) is 0 Å². The first-order valence-corrected chi connectivity index (χ1v) is 10.3. The minimum atomic E-state index is -0.0488. The highest BCUT2D eigenvalue weighted by Crippen LogP contribution is 2.25. The predicted molar refractivity (Wildman–Crippen MR) is 112 cm³/mol. The molecule has 3 rings (SSSR count). The van der Waals surface area contributed by atoms with Crippen LogP contribution in [0.4, 0.5) is 5.69 Å². The molecule has 0 spiro atoms. The van der Waals surface area contributed by atoms with Crippen LogP contribution >= 0.6 is 35.3 Å². The van der Waals surface area contributed by atoms with Gasteiger partial charge in [-0.05, 0) is 61.8 Å². The average molecular weight is 402 g/mol. The van der Waals surface area contributed by atoms with Crippen molar-refractivity contribution in [2.75, 3.05) is 11.1 Å². The predicted octanol–water partition coefficient (Wildman–Crippen LogP) is 5.32. The SMILES string of the molecule is Cc1ccccc1-n1nc(SCC(=O)Nc2cccc(C)c2C)sc1=S. The van der Waals surface area contributed by atoms with Gasteiger partial charge in [-0.15, -0.1) is 5.10 Å². The molecule has 3 aromatic rings. The zero-order chi connectivity index (χ0) is 18.7. The van der Waals surface area contributed by atoms with Gasteiger partial charge in [-0.1, -0.05) is 53.4 Å². The zero-order valence-corrected chi connectivity index (χ0v) is 17.2. The number of aromatic nitrogens is 2. The molecule has 0 aliphatic heterocycles. The Labute approximate surface area is 166 Å². The van der Waals surface area contributed by atoms with Crippen LogP contribution in [0.1, 0.15) is 16.7 Å². The van der Waals surface area contributed by atoms with Crippen molar-refractivity contribution in [1.29, 1.82) is 0 Å². The fourth-order valence-electron chi connectivity index (χ4n) is 2.47. The van der Waals surface area contributed by atoms with Crippen LogP contribution in [0.15, 0.2) is 46.8 Å². The molecule has 0 aliphatic carbocycles. The molecule has 7 heteroatoms. The third-order valence-electron chi connectivity index (χ3n) is 4.08. The highest BCUT2D eigenvalue weighted by Gasteiger charge is 2.11. The second-order valence-corrected chi connectivity index (χ2v) is 8.76. The number of thioether (sulfide) groups is 1. The van der Waals surface area contributed by atoms with Gasteiger partial charge in [-0.2, -0.15) is 0 Å². The number of nitrogens with one attached hydrogen (secondary N) is 1. The van der Waals surface area contributed by atoms with Gasteiger partial charge in [0.05, 0.1) is 11.4 Å². The molecule has 26 heavy (non-hydrogen) atoms. The molecule has 4 nitrogen and oxygen atoms in total. The first kappa shape index (κ1) is 18.8. The molecule has 0 radical (unpaired) electrons. The van der Waals surface area contributed by atoms with Crippen LogP contribution in [-0.2, 0) is 4.79 Å². The number of aryl methyl sites for hydroxylation is 2. The molecule has 0 fully saturated rings.